The van der Waals surface area contributed by atoms with Crippen molar-refractivity contribution < 1.29 is 13.2 Å². The second kappa shape index (κ2) is 5.62. The maximum Gasteiger partial charge on any atom is 0.416 e. The normalized spacial score (nSPS) is 11.0. The van der Waals surface area contributed by atoms with E-state index in [9.17, 15) is 13.2 Å². The predicted octanol–water partition coefficient (Wildman–Crippen LogP) is 4.68. The summed E-state index contributed by atoms with van der Waals surface area (Å²) >= 11 is 5.70. The summed E-state index contributed by atoms with van der Waals surface area (Å²) in [5.41, 5.74) is 0.108. The first-order valence-electron chi connectivity index (χ1n) is 5.82. The zero-order chi connectivity index (χ0) is 15.6. The lowest BCUT2D eigenvalue weighted by Crippen LogP contribution is -2.06. The van der Waals surface area contributed by atoms with Crippen LogP contribution < -0.4 is 5.32 Å². The molecule has 0 aliphatic carbocycles. The second-order valence-electron chi connectivity index (χ2n) is 4.31. The Balaban J connectivity index is 2.43. The summed E-state index contributed by atoms with van der Waals surface area (Å²) in [4.78, 5) is 4.10. The molecule has 21 heavy (non-hydrogen) atoms. The molecule has 1 aromatic heterocycles. The number of hydrogen-bond acceptors (Lipinski definition) is 3. The molecule has 7 heteroatoms. The molecule has 0 aliphatic heterocycles. The van der Waals surface area contributed by atoms with Gasteiger partial charge in [0.2, 0.25) is 0 Å². The van der Waals surface area contributed by atoms with Crippen molar-refractivity contribution >= 4 is 23.1 Å². The van der Waals surface area contributed by atoms with E-state index >= 15 is 0 Å². The maximum atomic E-state index is 12.7. The molecule has 1 N–H and O–H groups in total. The van der Waals surface area contributed by atoms with Crippen molar-refractivity contribution in [2.45, 2.75) is 13.1 Å². The number of halogens is 4. The Morgan fingerprint density at radius 3 is 2.57 bits per heavy atom. The Hall–Kier alpha value is -2.26. The monoisotopic (exact) mass is 311 g/mol. The summed E-state index contributed by atoms with van der Waals surface area (Å²) in [5, 5.41) is 11.6. The number of alkyl halides is 3. The molecule has 1 heterocycles. The van der Waals surface area contributed by atoms with Gasteiger partial charge in [0.25, 0.3) is 0 Å². The average molecular weight is 312 g/mol. The molecule has 1 aromatic carbocycles. The van der Waals surface area contributed by atoms with E-state index in [-0.39, 0.29) is 22.1 Å². The molecular formula is C14H9ClF3N3. The first kappa shape index (κ1) is 15.1. The van der Waals surface area contributed by atoms with Gasteiger partial charge in [0.15, 0.2) is 0 Å². The largest absolute Gasteiger partial charge is 0.416 e. The van der Waals surface area contributed by atoms with Crippen LogP contribution in [0.25, 0.3) is 0 Å². The van der Waals surface area contributed by atoms with Crippen molar-refractivity contribution in [3.63, 3.8) is 0 Å². The molecule has 0 radical (unpaired) electrons. The van der Waals surface area contributed by atoms with Crippen molar-refractivity contribution in [2.75, 3.05) is 5.32 Å². The molecule has 2 aromatic rings. The zero-order valence-corrected chi connectivity index (χ0v) is 11.5. The summed E-state index contributed by atoms with van der Waals surface area (Å²) < 4.78 is 38.2. The highest BCUT2D eigenvalue weighted by atomic mass is 35.5. The van der Waals surface area contributed by atoms with E-state index < -0.39 is 11.7 Å². The fraction of sp³-hybridized carbons (Fsp3) is 0.143. The molecule has 0 bridgehead atoms. The van der Waals surface area contributed by atoms with Gasteiger partial charge in [0.05, 0.1) is 11.1 Å². The van der Waals surface area contributed by atoms with Crippen LogP contribution in [0.15, 0.2) is 30.3 Å². The number of rotatable bonds is 2. The second-order valence-corrected chi connectivity index (χ2v) is 4.75. The van der Waals surface area contributed by atoms with Gasteiger partial charge >= 0.3 is 6.18 Å². The van der Waals surface area contributed by atoms with Crippen molar-refractivity contribution in [3.8, 4) is 6.07 Å². The predicted molar refractivity (Wildman–Crippen MR) is 73.4 cm³/mol. The van der Waals surface area contributed by atoms with Crippen LogP contribution in [0, 0.1) is 18.3 Å². The van der Waals surface area contributed by atoms with Crippen molar-refractivity contribution in [1.82, 2.24) is 4.98 Å². The number of pyridine rings is 1. The first-order valence-corrected chi connectivity index (χ1v) is 6.20. The van der Waals surface area contributed by atoms with Gasteiger partial charge in [-0.15, -0.1) is 0 Å². The molecule has 0 unspecified atom stereocenters. The van der Waals surface area contributed by atoms with Gasteiger partial charge in [-0.3, -0.25) is 0 Å². The smallest absolute Gasteiger partial charge is 0.339 e. The third-order valence-electron chi connectivity index (χ3n) is 2.64. The molecule has 0 aliphatic rings. The summed E-state index contributed by atoms with van der Waals surface area (Å²) in [6.45, 7) is 1.71. The number of aromatic nitrogens is 1. The third kappa shape index (κ3) is 3.64. The molecule has 2 rings (SSSR count). The molecule has 0 fully saturated rings. The summed E-state index contributed by atoms with van der Waals surface area (Å²) in [6, 6.07) is 8.19. The summed E-state index contributed by atoms with van der Waals surface area (Å²) in [5.74, 6) is 0.188. The summed E-state index contributed by atoms with van der Waals surface area (Å²) in [6.07, 6.45) is -4.50. The number of nitrogens with one attached hydrogen (secondary N) is 1. The van der Waals surface area contributed by atoms with E-state index in [0.717, 1.165) is 12.1 Å². The maximum absolute atomic E-state index is 12.7. The highest BCUT2D eigenvalue weighted by molar-refractivity contribution is 6.31. The molecule has 0 amide bonds. The number of aryl methyl sites for hydroxylation is 1. The van der Waals surface area contributed by atoms with Crippen LogP contribution in [-0.4, -0.2) is 4.98 Å². The molecular weight excluding hydrogens is 303 g/mol. The average Bonchev–Trinajstić information content (AvgIpc) is 2.37. The number of nitrogens with zero attached hydrogens (tertiary/aromatic N) is 2. The van der Waals surface area contributed by atoms with Gasteiger partial charge < -0.3 is 5.32 Å². The number of hydrogen-bond donors (Lipinski definition) is 1. The number of nitriles is 1. The van der Waals surface area contributed by atoms with Gasteiger partial charge in [-0.05, 0) is 37.3 Å². The Bertz CT molecular complexity index is 720. The van der Waals surface area contributed by atoms with Crippen molar-refractivity contribution in [3.05, 3.63) is 52.2 Å². The SMILES string of the molecule is Cc1ccc(C#N)c(Nc2cc(Cl)cc(C(F)(F)F)c2)n1. The third-order valence-corrected chi connectivity index (χ3v) is 2.86. The minimum absolute atomic E-state index is 0.0570. The van der Waals surface area contributed by atoms with Gasteiger partial charge in [0.1, 0.15) is 11.9 Å². The zero-order valence-electron chi connectivity index (χ0n) is 10.8. The topological polar surface area (TPSA) is 48.7 Å². The van der Waals surface area contributed by atoms with Gasteiger partial charge in [-0.1, -0.05) is 11.6 Å². The number of benzene rings is 1. The van der Waals surface area contributed by atoms with E-state index in [1.807, 2.05) is 6.07 Å². The van der Waals surface area contributed by atoms with E-state index in [4.69, 9.17) is 16.9 Å². The Morgan fingerprint density at radius 1 is 1.24 bits per heavy atom. The van der Waals surface area contributed by atoms with Crippen LogP contribution in [0.1, 0.15) is 16.8 Å². The molecule has 0 saturated heterocycles. The van der Waals surface area contributed by atoms with Crippen molar-refractivity contribution in [2.24, 2.45) is 0 Å². The highest BCUT2D eigenvalue weighted by Gasteiger charge is 2.31. The van der Waals surface area contributed by atoms with E-state index in [1.165, 1.54) is 6.07 Å². The van der Waals surface area contributed by atoms with Crippen LogP contribution in [0.3, 0.4) is 0 Å². The lowest BCUT2D eigenvalue weighted by molar-refractivity contribution is -0.137. The quantitative estimate of drug-likeness (QED) is 0.876. The van der Waals surface area contributed by atoms with Gasteiger partial charge in [0, 0.05) is 16.4 Å². The van der Waals surface area contributed by atoms with Crippen molar-refractivity contribution in [1.29, 1.82) is 5.26 Å². The van der Waals surface area contributed by atoms with Crippen LogP contribution in [0.5, 0.6) is 0 Å². The van der Waals surface area contributed by atoms with Crippen LogP contribution in [-0.2, 0) is 6.18 Å². The highest BCUT2D eigenvalue weighted by Crippen LogP contribution is 2.34. The van der Waals surface area contributed by atoms with Gasteiger partial charge in [-0.2, -0.15) is 18.4 Å². The lowest BCUT2D eigenvalue weighted by Gasteiger charge is -2.12. The van der Waals surface area contributed by atoms with Gasteiger partial charge in [-0.25, -0.2) is 4.98 Å². The van der Waals surface area contributed by atoms with E-state index in [1.54, 1.807) is 19.1 Å². The minimum atomic E-state index is -4.50. The lowest BCUT2D eigenvalue weighted by atomic mass is 10.2. The molecule has 108 valence electrons. The minimum Gasteiger partial charge on any atom is -0.339 e. The standard InChI is InChI=1S/C14H9ClF3N3/c1-8-2-3-9(7-19)13(20-8)21-12-5-10(14(16,17)18)4-11(15)6-12/h2-6H,1H3,(H,20,21). The van der Waals surface area contributed by atoms with Crippen LogP contribution in [0.2, 0.25) is 5.02 Å². The fourth-order valence-electron chi connectivity index (χ4n) is 1.70. The molecule has 0 spiro atoms. The molecule has 3 nitrogen and oxygen atoms in total. The Labute approximate surface area is 124 Å². The van der Waals surface area contributed by atoms with Crippen LogP contribution in [0.4, 0.5) is 24.7 Å². The van der Waals surface area contributed by atoms with E-state index in [0.29, 0.717) is 5.69 Å². The van der Waals surface area contributed by atoms with E-state index in [2.05, 4.69) is 10.3 Å². The Morgan fingerprint density at radius 2 is 1.95 bits per heavy atom. The molecule has 0 saturated carbocycles. The summed E-state index contributed by atoms with van der Waals surface area (Å²) in [7, 11) is 0. The van der Waals surface area contributed by atoms with Crippen LogP contribution >= 0.6 is 11.6 Å². The fourth-order valence-corrected chi connectivity index (χ4v) is 1.94. The Kier molecular flexibility index (Phi) is 4.05. The molecule has 0 atom stereocenters. The number of anilines is 2. The first-order chi connectivity index (χ1) is 9.79.